The lowest BCUT2D eigenvalue weighted by Gasteiger charge is -2.03. The Morgan fingerprint density at radius 2 is 1.88 bits per heavy atom. The van der Waals surface area contributed by atoms with Crippen molar-refractivity contribution in [3.63, 3.8) is 0 Å². The van der Waals surface area contributed by atoms with E-state index in [0.29, 0.717) is 11.1 Å². The molecule has 0 spiro atoms. The zero-order chi connectivity index (χ0) is 18.4. The molecule has 8 heteroatoms. The molecular weight excluding hydrogens is 346 g/mol. The van der Waals surface area contributed by atoms with Crippen molar-refractivity contribution in [1.29, 1.82) is 0 Å². The van der Waals surface area contributed by atoms with E-state index in [4.69, 9.17) is 17.3 Å². The number of hydrogen-bond donors (Lipinski definition) is 2. The number of nitrogens with zero attached hydrogens (tertiary/aromatic N) is 1. The van der Waals surface area contributed by atoms with Crippen molar-refractivity contribution in [3.05, 3.63) is 74.3 Å². The minimum atomic E-state index is -0.608. The van der Waals surface area contributed by atoms with Gasteiger partial charge in [-0.1, -0.05) is 23.4 Å². The number of nitro groups is 1. The summed E-state index contributed by atoms with van der Waals surface area (Å²) < 4.78 is 0. The fourth-order valence-corrected chi connectivity index (χ4v) is 2.09. The number of carbonyl (C=O) groups excluding carboxylic acids is 2. The number of hydrogen-bond acceptors (Lipinski definition) is 4. The van der Waals surface area contributed by atoms with Crippen LogP contribution in [-0.2, 0) is 0 Å². The highest BCUT2D eigenvalue weighted by molar-refractivity contribution is 6.33. The van der Waals surface area contributed by atoms with Gasteiger partial charge in [0.1, 0.15) is 0 Å². The van der Waals surface area contributed by atoms with Gasteiger partial charge in [0, 0.05) is 23.3 Å². The summed E-state index contributed by atoms with van der Waals surface area (Å²) in [5.41, 5.74) is 5.94. The van der Waals surface area contributed by atoms with Gasteiger partial charge in [-0.2, -0.15) is 0 Å². The normalized spacial score (nSPS) is 9.64. The standard InChI is InChI=1S/C17H12ClN3O4/c18-15-8-7-13(21(24)25)10-14(15)17(23)20-9-1-2-11-3-5-12(6-4-11)16(19)22/h3-8,10H,9H2,(H2,19,22)(H,20,23). The number of halogens is 1. The highest BCUT2D eigenvalue weighted by atomic mass is 35.5. The van der Waals surface area contributed by atoms with Crippen LogP contribution in [-0.4, -0.2) is 23.3 Å². The Hall–Kier alpha value is -3.37. The number of rotatable bonds is 4. The number of amides is 2. The van der Waals surface area contributed by atoms with Crippen molar-refractivity contribution in [2.24, 2.45) is 5.73 Å². The molecule has 0 radical (unpaired) electrons. The number of nitrogens with one attached hydrogen (secondary N) is 1. The van der Waals surface area contributed by atoms with Crippen LogP contribution in [0, 0.1) is 22.0 Å². The maximum absolute atomic E-state index is 12.0. The second kappa shape index (κ2) is 7.95. The van der Waals surface area contributed by atoms with Crippen molar-refractivity contribution in [2.45, 2.75) is 0 Å². The van der Waals surface area contributed by atoms with Gasteiger partial charge in [0.2, 0.25) is 5.91 Å². The van der Waals surface area contributed by atoms with Crippen LogP contribution in [0.4, 0.5) is 5.69 Å². The van der Waals surface area contributed by atoms with Gasteiger partial charge in [0.15, 0.2) is 0 Å². The summed E-state index contributed by atoms with van der Waals surface area (Å²) in [4.78, 5) is 33.1. The van der Waals surface area contributed by atoms with Crippen molar-refractivity contribution in [1.82, 2.24) is 5.32 Å². The Balaban J connectivity index is 2.00. The molecule has 7 nitrogen and oxygen atoms in total. The van der Waals surface area contributed by atoms with E-state index in [9.17, 15) is 19.7 Å². The molecule has 25 heavy (non-hydrogen) atoms. The van der Waals surface area contributed by atoms with Crippen LogP contribution in [0.5, 0.6) is 0 Å². The van der Waals surface area contributed by atoms with Gasteiger partial charge < -0.3 is 11.1 Å². The van der Waals surface area contributed by atoms with Crippen LogP contribution in [0.3, 0.4) is 0 Å². The van der Waals surface area contributed by atoms with Gasteiger partial charge in [-0.25, -0.2) is 0 Å². The topological polar surface area (TPSA) is 115 Å². The maximum atomic E-state index is 12.0. The first-order valence-corrected chi connectivity index (χ1v) is 7.37. The first-order chi connectivity index (χ1) is 11.9. The minimum absolute atomic E-state index is 0.00322. The first kappa shape index (κ1) is 18.0. The van der Waals surface area contributed by atoms with E-state index in [0.717, 1.165) is 6.07 Å². The molecule has 0 saturated carbocycles. The van der Waals surface area contributed by atoms with Crippen LogP contribution < -0.4 is 11.1 Å². The number of primary amides is 1. The zero-order valence-corrected chi connectivity index (χ0v) is 13.5. The number of carbonyl (C=O) groups is 2. The molecule has 0 unspecified atom stereocenters. The molecule has 0 aromatic heterocycles. The Kier molecular flexibility index (Phi) is 5.71. The van der Waals surface area contributed by atoms with Crippen molar-refractivity contribution < 1.29 is 14.5 Å². The largest absolute Gasteiger partial charge is 0.366 e. The van der Waals surface area contributed by atoms with Crippen LogP contribution in [0.25, 0.3) is 0 Å². The van der Waals surface area contributed by atoms with Gasteiger partial charge in [-0.15, -0.1) is 0 Å². The molecule has 126 valence electrons. The highest BCUT2D eigenvalue weighted by Crippen LogP contribution is 2.21. The Labute approximate surface area is 147 Å². The smallest absolute Gasteiger partial charge is 0.270 e. The molecule has 3 N–H and O–H groups in total. The molecule has 0 aliphatic rings. The Morgan fingerprint density at radius 3 is 2.48 bits per heavy atom. The van der Waals surface area contributed by atoms with Crippen molar-refractivity contribution >= 4 is 29.1 Å². The molecule has 2 rings (SSSR count). The predicted octanol–water partition coefficient (Wildman–Crippen LogP) is 2.13. The summed E-state index contributed by atoms with van der Waals surface area (Å²) in [6.45, 7) is 0.0232. The molecule has 2 amide bonds. The summed E-state index contributed by atoms with van der Waals surface area (Å²) >= 11 is 5.89. The van der Waals surface area contributed by atoms with Crippen molar-refractivity contribution in [3.8, 4) is 11.8 Å². The lowest BCUT2D eigenvalue weighted by molar-refractivity contribution is -0.384. The van der Waals surface area contributed by atoms with Crippen LogP contribution in [0.15, 0.2) is 42.5 Å². The average molecular weight is 358 g/mol. The maximum Gasteiger partial charge on any atom is 0.270 e. The fraction of sp³-hybridized carbons (Fsp3) is 0.0588. The van der Waals surface area contributed by atoms with E-state index in [1.165, 1.54) is 12.1 Å². The lowest BCUT2D eigenvalue weighted by Crippen LogP contribution is -2.24. The minimum Gasteiger partial charge on any atom is -0.366 e. The SMILES string of the molecule is NC(=O)c1ccc(C#CCNC(=O)c2cc([N+](=O)[O-])ccc2Cl)cc1. The number of nitro benzene ring substituents is 1. The van der Waals surface area contributed by atoms with E-state index in [1.807, 2.05) is 0 Å². The summed E-state index contributed by atoms with van der Waals surface area (Å²) in [5.74, 6) is 4.45. The molecule has 2 aromatic carbocycles. The second-order valence-corrected chi connectivity index (χ2v) is 5.25. The number of non-ortho nitro benzene ring substituents is 1. The molecular formula is C17H12ClN3O4. The Morgan fingerprint density at radius 1 is 1.20 bits per heavy atom. The molecule has 0 heterocycles. The van der Waals surface area contributed by atoms with E-state index in [2.05, 4.69) is 17.2 Å². The van der Waals surface area contributed by atoms with E-state index >= 15 is 0 Å². The third-order valence-electron chi connectivity index (χ3n) is 3.14. The summed E-state index contributed by atoms with van der Waals surface area (Å²) in [5, 5.41) is 13.4. The molecule has 0 fully saturated rings. The average Bonchev–Trinajstić information content (AvgIpc) is 2.59. The summed E-state index contributed by atoms with van der Waals surface area (Å²) in [6, 6.07) is 9.98. The predicted molar refractivity (Wildman–Crippen MR) is 92.3 cm³/mol. The molecule has 0 atom stereocenters. The van der Waals surface area contributed by atoms with Gasteiger partial charge >= 0.3 is 0 Å². The lowest BCUT2D eigenvalue weighted by atomic mass is 10.1. The van der Waals surface area contributed by atoms with E-state index in [1.54, 1.807) is 24.3 Å². The summed E-state index contributed by atoms with van der Waals surface area (Å²) in [7, 11) is 0. The molecule has 2 aromatic rings. The molecule has 0 saturated heterocycles. The van der Waals surface area contributed by atoms with E-state index < -0.39 is 16.7 Å². The molecule has 0 aliphatic heterocycles. The number of benzene rings is 2. The first-order valence-electron chi connectivity index (χ1n) is 6.99. The molecule has 0 bridgehead atoms. The highest BCUT2D eigenvalue weighted by Gasteiger charge is 2.15. The summed E-state index contributed by atoms with van der Waals surface area (Å²) in [6.07, 6.45) is 0. The second-order valence-electron chi connectivity index (χ2n) is 4.85. The molecule has 0 aliphatic carbocycles. The number of nitrogens with two attached hydrogens (primary N) is 1. The van der Waals surface area contributed by atoms with Crippen LogP contribution in [0.2, 0.25) is 5.02 Å². The third-order valence-corrected chi connectivity index (χ3v) is 3.47. The van der Waals surface area contributed by atoms with Gasteiger partial charge in [0.05, 0.1) is 22.1 Å². The third kappa shape index (κ3) is 4.80. The van der Waals surface area contributed by atoms with Crippen LogP contribution in [0.1, 0.15) is 26.3 Å². The monoisotopic (exact) mass is 357 g/mol. The van der Waals surface area contributed by atoms with Gasteiger partial charge in [-0.05, 0) is 30.3 Å². The van der Waals surface area contributed by atoms with E-state index in [-0.39, 0.29) is 22.8 Å². The fourth-order valence-electron chi connectivity index (χ4n) is 1.88. The van der Waals surface area contributed by atoms with Gasteiger partial charge in [0.25, 0.3) is 11.6 Å². The zero-order valence-electron chi connectivity index (χ0n) is 12.8. The Bertz CT molecular complexity index is 898. The van der Waals surface area contributed by atoms with Gasteiger partial charge in [-0.3, -0.25) is 19.7 Å². The van der Waals surface area contributed by atoms with Crippen molar-refractivity contribution in [2.75, 3.05) is 6.54 Å². The quantitative estimate of drug-likeness (QED) is 0.495. The van der Waals surface area contributed by atoms with Crippen LogP contribution >= 0.6 is 11.6 Å².